The fourth-order valence-electron chi connectivity index (χ4n) is 4.45. The number of carbonyl (C=O) groups is 2. The van der Waals surface area contributed by atoms with Crippen molar-refractivity contribution in [3.05, 3.63) is 108 Å². The van der Waals surface area contributed by atoms with Crippen molar-refractivity contribution in [1.29, 1.82) is 0 Å². The van der Waals surface area contributed by atoms with E-state index in [1.54, 1.807) is 9.80 Å². The normalized spacial score (nSPS) is 19.8. The minimum Gasteiger partial charge on any atom is -0.476 e. The molecule has 6 heteroatoms. The van der Waals surface area contributed by atoms with E-state index in [2.05, 4.69) is 5.32 Å². The van der Waals surface area contributed by atoms with Crippen LogP contribution in [0.4, 0.5) is 16.2 Å². The van der Waals surface area contributed by atoms with Gasteiger partial charge in [0.25, 0.3) is 5.91 Å². The van der Waals surface area contributed by atoms with Gasteiger partial charge in [-0.2, -0.15) is 0 Å². The summed E-state index contributed by atoms with van der Waals surface area (Å²) in [6, 6.07) is 27.5. The van der Waals surface area contributed by atoms with Crippen molar-refractivity contribution in [2.24, 2.45) is 0 Å². The summed E-state index contributed by atoms with van der Waals surface area (Å²) in [6.45, 7) is 2.38. The largest absolute Gasteiger partial charge is 0.476 e. The number of hydrogen-bond donors (Lipinski definition) is 1. The van der Waals surface area contributed by atoms with Crippen LogP contribution in [0.3, 0.4) is 0 Å². The Balaban J connectivity index is 1.70. The number of fused-ring (bicyclic) bond motifs is 1. The fourth-order valence-corrected chi connectivity index (χ4v) is 4.45. The number of para-hydroxylation sites is 2. The Hall–Kier alpha value is -4.06. The molecule has 6 nitrogen and oxygen atoms in total. The number of hydrogen-bond acceptors (Lipinski definition) is 3. The molecule has 2 aliphatic heterocycles. The lowest BCUT2D eigenvalue weighted by Crippen LogP contribution is -2.52. The number of benzene rings is 3. The van der Waals surface area contributed by atoms with Gasteiger partial charge in [0.15, 0.2) is 0 Å². The van der Waals surface area contributed by atoms with Crippen molar-refractivity contribution < 1.29 is 14.3 Å². The third-order valence-electron chi connectivity index (χ3n) is 6.07. The first-order valence-corrected chi connectivity index (χ1v) is 11.1. The molecule has 5 rings (SSSR count). The van der Waals surface area contributed by atoms with Crippen molar-refractivity contribution in [2.75, 3.05) is 16.8 Å². The Morgan fingerprint density at radius 2 is 1.52 bits per heavy atom. The fraction of sp³-hybridized carbons (Fsp3) is 0.185. The number of rotatable bonds is 5. The van der Waals surface area contributed by atoms with E-state index in [1.165, 1.54) is 0 Å². The molecule has 1 fully saturated rings. The maximum Gasteiger partial charge on any atom is 0.332 e. The molecule has 166 valence electrons. The van der Waals surface area contributed by atoms with Crippen LogP contribution in [0.2, 0.25) is 0 Å². The molecule has 0 unspecified atom stereocenters. The molecule has 0 saturated carbocycles. The Labute approximate surface area is 193 Å². The van der Waals surface area contributed by atoms with Crippen LogP contribution in [0.25, 0.3) is 0 Å². The highest BCUT2D eigenvalue weighted by Gasteiger charge is 2.49. The van der Waals surface area contributed by atoms with Gasteiger partial charge in [-0.1, -0.05) is 73.7 Å². The van der Waals surface area contributed by atoms with Gasteiger partial charge in [0.2, 0.25) is 5.88 Å². The predicted molar refractivity (Wildman–Crippen MR) is 127 cm³/mol. The maximum absolute atomic E-state index is 13.9. The summed E-state index contributed by atoms with van der Waals surface area (Å²) >= 11 is 0. The molecule has 0 aromatic heterocycles. The highest BCUT2D eigenvalue weighted by atomic mass is 16.5. The van der Waals surface area contributed by atoms with Crippen molar-refractivity contribution in [3.63, 3.8) is 0 Å². The van der Waals surface area contributed by atoms with Gasteiger partial charge in [0.05, 0.1) is 12.1 Å². The molecule has 0 radical (unpaired) electrons. The van der Waals surface area contributed by atoms with E-state index >= 15 is 0 Å². The van der Waals surface area contributed by atoms with Crippen LogP contribution in [-0.2, 0) is 9.53 Å². The Kier molecular flexibility index (Phi) is 5.57. The zero-order valence-electron chi connectivity index (χ0n) is 18.3. The van der Waals surface area contributed by atoms with Crippen LogP contribution in [0.15, 0.2) is 102 Å². The summed E-state index contributed by atoms with van der Waals surface area (Å²) in [6.07, 6.45) is 0.724. The number of nitrogens with zero attached hydrogens (tertiary/aromatic N) is 2. The summed E-state index contributed by atoms with van der Waals surface area (Å²) in [4.78, 5) is 31.0. The van der Waals surface area contributed by atoms with Crippen molar-refractivity contribution in [2.45, 2.75) is 25.4 Å². The van der Waals surface area contributed by atoms with Gasteiger partial charge < -0.3 is 10.1 Å². The van der Waals surface area contributed by atoms with Crippen molar-refractivity contribution in [3.8, 4) is 0 Å². The lowest BCUT2D eigenvalue weighted by molar-refractivity contribution is -0.113. The highest BCUT2D eigenvalue weighted by Crippen LogP contribution is 2.44. The van der Waals surface area contributed by atoms with Gasteiger partial charge in [0.1, 0.15) is 12.2 Å². The summed E-state index contributed by atoms with van der Waals surface area (Å²) in [5.74, 6) is 0.0570. The number of amides is 3. The van der Waals surface area contributed by atoms with E-state index in [-0.39, 0.29) is 18.0 Å². The lowest BCUT2D eigenvalue weighted by Gasteiger charge is -2.41. The molecule has 3 aromatic rings. The quantitative estimate of drug-likeness (QED) is 0.585. The van der Waals surface area contributed by atoms with Gasteiger partial charge in [-0.05, 0) is 36.2 Å². The summed E-state index contributed by atoms with van der Waals surface area (Å²) in [7, 11) is 0. The molecule has 0 aliphatic carbocycles. The van der Waals surface area contributed by atoms with Crippen molar-refractivity contribution >= 4 is 23.3 Å². The van der Waals surface area contributed by atoms with E-state index in [1.807, 2.05) is 97.9 Å². The number of nitrogens with one attached hydrogen (secondary N) is 1. The third kappa shape index (κ3) is 3.74. The predicted octanol–water partition coefficient (Wildman–Crippen LogP) is 5.33. The second-order valence-corrected chi connectivity index (χ2v) is 8.08. The molecule has 33 heavy (non-hydrogen) atoms. The SMILES string of the molecule is CC[C@@H]1COC2=C(C(=O)Nc3ccccc3)[C@@H](c3ccccc3)N(c3ccccc3)C(=O)N21. The number of urea groups is 1. The average Bonchev–Trinajstić information content (AvgIpc) is 3.30. The number of ether oxygens (including phenoxy) is 1. The first kappa shape index (κ1) is 20.8. The van der Waals surface area contributed by atoms with Crippen LogP contribution in [-0.4, -0.2) is 29.5 Å². The van der Waals surface area contributed by atoms with E-state index in [0.29, 0.717) is 23.8 Å². The summed E-state index contributed by atoms with van der Waals surface area (Å²) in [5.41, 5.74) is 2.66. The van der Waals surface area contributed by atoms with E-state index in [4.69, 9.17) is 4.74 Å². The standard InChI is InChI=1S/C27H25N3O3/c1-2-21-18-33-26-23(25(31)28-20-14-8-4-9-15-20)24(19-12-6-3-7-13-19)29(27(32)30(21)26)22-16-10-5-11-17-22/h3-17,21,24H,2,18H2,1H3,(H,28,31)/t21-,24-/m1/s1. The monoisotopic (exact) mass is 439 g/mol. The summed E-state index contributed by atoms with van der Waals surface area (Å²) in [5, 5.41) is 3.00. The van der Waals surface area contributed by atoms with Gasteiger partial charge in [-0.15, -0.1) is 0 Å². The zero-order chi connectivity index (χ0) is 22.8. The van der Waals surface area contributed by atoms with E-state index in [0.717, 1.165) is 17.7 Å². The molecule has 3 aromatic carbocycles. The van der Waals surface area contributed by atoms with Crippen LogP contribution >= 0.6 is 0 Å². The first-order valence-electron chi connectivity index (χ1n) is 11.1. The van der Waals surface area contributed by atoms with Gasteiger partial charge in [-0.25, -0.2) is 4.79 Å². The maximum atomic E-state index is 13.9. The molecule has 0 spiro atoms. The molecular formula is C27H25N3O3. The van der Waals surface area contributed by atoms with Gasteiger partial charge >= 0.3 is 6.03 Å². The number of carbonyl (C=O) groups excluding carboxylic acids is 2. The van der Waals surface area contributed by atoms with Gasteiger partial charge in [0, 0.05) is 11.4 Å². The minimum atomic E-state index is -0.633. The van der Waals surface area contributed by atoms with E-state index < -0.39 is 6.04 Å². The molecule has 2 heterocycles. The lowest BCUT2D eigenvalue weighted by atomic mass is 9.93. The smallest absolute Gasteiger partial charge is 0.332 e. The first-order chi connectivity index (χ1) is 16.2. The Morgan fingerprint density at radius 1 is 0.909 bits per heavy atom. The van der Waals surface area contributed by atoms with Crippen LogP contribution in [0, 0.1) is 0 Å². The second kappa shape index (κ2) is 8.82. The molecule has 2 atom stereocenters. The van der Waals surface area contributed by atoms with E-state index in [9.17, 15) is 9.59 Å². The molecule has 1 N–H and O–H groups in total. The highest BCUT2D eigenvalue weighted by molar-refractivity contribution is 6.09. The molecule has 3 amide bonds. The minimum absolute atomic E-state index is 0.130. The Bertz CT molecular complexity index is 1180. The molecule has 0 bridgehead atoms. The molecule has 2 aliphatic rings. The van der Waals surface area contributed by atoms with Crippen molar-refractivity contribution in [1.82, 2.24) is 4.90 Å². The Morgan fingerprint density at radius 3 is 2.15 bits per heavy atom. The topological polar surface area (TPSA) is 61.9 Å². The van der Waals surface area contributed by atoms with Gasteiger partial charge in [-0.3, -0.25) is 14.6 Å². The molecule has 1 saturated heterocycles. The molecular weight excluding hydrogens is 414 g/mol. The third-order valence-corrected chi connectivity index (χ3v) is 6.07. The second-order valence-electron chi connectivity index (χ2n) is 8.08. The average molecular weight is 440 g/mol. The van der Waals surface area contributed by atoms with Crippen LogP contribution < -0.4 is 10.2 Å². The van der Waals surface area contributed by atoms with Crippen LogP contribution in [0.1, 0.15) is 24.9 Å². The number of anilines is 2. The summed E-state index contributed by atoms with van der Waals surface area (Å²) < 4.78 is 6.04. The van der Waals surface area contributed by atoms with Crippen LogP contribution in [0.5, 0.6) is 0 Å². The zero-order valence-corrected chi connectivity index (χ0v) is 18.3.